The van der Waals surface area contributed by atoms with Crippen LogP contribution in [0.25, 0.3) is 5.32 Å². The summed E-state index contributed by atoms with van der Waals surface area (Å²) in [5.41, 5.74) is 0. The molecular formula is C24H46NO6Y-. The van der Waals surface area contributed by atoms with Gasteiger partial charge in [0.15, 0.2) is 12.1 Å². The molecular weight excluding hydrogens is 487 g/mol. The summed E-state index contributed by atoms with van der Waals surface area (Å²) in [4.78, 5) is 0. The van der Waals surface area contributed by atoms with Crippen LogP contribution in [0.3, 0.4) is 0 Å². The van der Waals surface area contributed by atoms with Gasteiger partial charge in [0.1, 0.15) is 19.0 Å². The molecule has 0 aromatic heterocycles. The number of nitrogens with zero attached hydrogens (tertiary/aromatic N) is 1. The molecule has 0 aliphatic carbocycles. The number of hydrogen-bond acceptors (Lipinski definition) is 6. The SMILES string of the molecule is CC[C@H](C)C1O[C@H](O[C@H]2C([C@H]3COCO3)O[C@](C)(O)C[C@H]2C)C(C)[C@@H](C)[C@@H]1C.C[N-]C.[Y]. The first kappa shape index (κ1) is 30.9. The van der Waals surface area contributed by atoms with Crippen LogP contribution in [0, 0.1) is 29.6 Å². The van der Waals surface area contributed by atoms with E-state index < -0.39 is 5.79 Å². The van der Waals surface area contributed by atoms with E-state index in [2.05, 4.69) is 46.9 Å². The smallest absolute Gasteiger partial charge is 0.163 e. The summed E-state index contributed by atoms with van der Waals surface area (Å²) in [6.07, 6.45) is 0.683. The van der Waals surface area contributed by atoms with Crippen molar-refractivity contribution in [3.05, 3.63) is 5.32 Å². The molecule has 3 fully saturated rings. The fraction of sp³-hybridized carbons (Fsp3) is 1.00. The van der Waals surface area contributed by atoms with E-state index in [4.69, 9.17) is 23.7 Å². The molecule has 1 radical (unpaired) electrons. The van der Waals surface area contributed by atoms with Crippen molar-refractivity contribution in [1.82, 2.24) is 0 Å². The van der Waals surface area contributed by atoms with Gasteiger partial charge in [-0.05, 0) is 30.6 Å². The zero-order chi connectivity index (χ0) is 23.3. The van der Waals surface area contributed by atoms with Crippen LogP contribution in [0.15, 0.2) is 0 Å². The minimum atomic E-state index is -1.18. The van der Waals surface area contributed by atoms with Crippen molar-refractivity contribution in [2.45, 2.75) is 97.8 Å². The molecule has 0 aromatic carbocycles. The van der Waals surface area contributed by atoms with Gasteiger partial charge < -0.3 is 34.1 Å². The van der Waals surface area contributed by atoms with Crippen molar-refractivity contribution < 1.29 is 61.5 Å². The summed E-state index contributed by atoms with van der Waals surface area (Å²) in [7, 11) is 3.50. The third-order valence-corrected chi connectivity index (χ3v) is 7.38. The topological polar surface area (TPSA) is 80.5 Å². The van der Waals surface area contributed by atoms with E-state index in [1.807, 2.05) is 0 Å². The van der Waals surface area contributed by atoms with Gasteiger partial charge in [-0.15, -0.1) is 0 Å². The van der Waals surface area contributed by atoms with Gasteiger partial charge >= 0.3 is 0 Å². The quantitative estimate of drug-likeness (QED) is 0.572. The summed E-state index contributed by atoms with van der Waals surface area (Å²) in [5.74, 6) is 0.699. The van der Waals surface area contributed by atoms with Gasteiger partial charge in [0, 0.05) is 45.0 Å². The molecule has 0 spiro atoms. The van der Waals surface area contributed by atoms with Crippen molar-refractivity contribution in [2.24, 2.45) is 29.6 Å². The van der Waals surface area contributed by atoms with E-state index in [1.54, 1.807) is 21.0 Å². The van der Waals surface area contributed by atoms with Gasteiger partial charge in [0.05, 0.1) is 18.8 Å². The van der Waals surface area contributed by atoms with Crippen molar-refractivity contribution in [3.8, 4) is 0 Å². The van der Waals surface area contributed by atoms with Crippen molar-refractivity contribution in [1.29, 1.82) is 0 Å². The van der Waals surface area contributed by atoms with Crippen molar-refractivity contribution in [2.75, 3.05) is 27.5 Å². The third-order valence-electron chi connectivity index (χ3n) is 7.38. The number of rotatable bonds is 5. The third kappa shape index (κ3) is 7.66. The molecule has 3 aliphatic heterocycles. The average Bonchev–Trinajstić information content (AvgIpc) is 3.24. The van der Waals surface area contributed by atoms with Crippen molar-refractivity contribution in [3.63, 3.8) is 0 Å². The molecule has 3 heterocycles. The van der Waals surface area contributed by atoms with E-state index in [0.717, 1.165) is 6.42 Å². The molecule has 3 rings (SSSR count). The van der Waals surface area contributed by atoms with Gasteiger partial charge in [0.25, 0.3) is 0 Å². The zero-order valence-electron chi connectivity index (χ0n) is 21.6. The fourth-order valence-corrected chi connectivity index (χ4v) is 5.11. The van der Waals surface area contributed by atoms with Crippen LogP contribution in [-0.4, -0.2) is 69.1 Å². The Bertz CT molecular complexity index is 533. The predicted molar refractivity (Wildman–Crippen MR) is 121 cm³/mol. The van der Waals surface area contributed by atoms with Crippen molar-refractivity contribution >= 4 is 0 Å². The molecule has 3 aliphatic rings. The zero-order valence-corrected chi connectivity index (χ0v) is 24.5. The van der Waals surface area contributed by atoms with Gasteiger partial charge in [-0.1, -0.05) is 48.0 Å². The molecule has 0 aromatic rings. The second-order valence-electron chi connectivity index (χ2n) is 10.1. The van der Waals surface area contributed by atoms with E-state index in [-0.39, 0.29) is 82.0 Å². The maximum atomic E-state index is 10.6. The van der Waals surface area contributed by atoms with Crippen LogP contribution in [0.2, 0.25) is 0 Å². The Morgan fingerprint density at radius 1 is 1.12 bits per heavy atom. The minimum absolute atomic E-state index is 0. The van der Waals surface area contributed by atoms with E-state index in [9.17, 15) is 5.11 Å². The Hall–Kier alpha value is 0.824. The van der Waals surface area contributed by atoms with Crippen LogP contribution in [0.4, 0.5) is 0 Å². The second-order valence-corrected chi connectivity index (χ2v) is 10.1. The Kier molecular flexibility index (Phi) is 13.3. The Morgan fingerprint density at radius 2 is 1.75 bits per heavy atom. The fourth-order valence-electron chi connectivity index (χ4n) is 5.11. The molecule has 0 amide bonds. The minimum Gasteiger partial charge on any atom is -0.668 e. The van der Waals surface area contributed by atoms with Crippen LogP contribution in [-0.2, 0) is 56.4 Å². The normalized spacial score (nSPS) is 45.4. The largest absolute Gasteiger partial charge is 0.668 e. The summed E-state index contributed by atoms with van der Waals surface area (Å²) in [5, 5.41) is 14.1. The number of aliphatic hydroxyl groups is 1. The first-order valence-corrected chi connectivity index (χ1v) is 11.9. The summed E-state index contributed by atoms with van der Waals surface area (Å²) in [6, 6.07) is 0. The molecule has 3 saturated heterocycles. The van der Waals surface area contributed by atoms with Gasteiger partial charge in [-0.25, -0.2) is 0 Å². The maximum absolute atomic E-state index is 10.6. The molecule has 3 unspecified atom stereocenters. The number of hydrogen-bond donors (Lipinski definition) is 1. The summed E-state index contributed by atoms with van der Waals surface area (Å²) in [6.45, 7) is 15.8. The summed E-state index contributed by atoms with van der Waals surface area (Å²) >= 11 is 0. The van der Waals surface area contributed by atoms with E-state index in [0.29, 0.717) is 30.8 Å². The Balaban J connectivity index is 0.00000121. The first-order chi connectivity index (χ1) is 14.6. The maximum Gasteiger partial charge on any atom is 0.163 e. The number of ether oxygens (including phenoxy) is 5. The first-order valence-electron chi connectivity index (χ1n) is 11.9. The van der Waals surface area contributed by atoms with Crippen LogP contribution >= 0.6 is 0 Å². The molecule has 1 N–H and O–H groups in total. The standard InChI is InChI=1S/C22H40O6.C2H6N.Y/c1-8-12(2)18-15(5)14(4)16(6)21(26-18)27-19-13(3)9-22(7,23)28-20(19)17-10-24-11-25-17;1-3-2;/h12-21,23H,8-11H2,1-7H3;1-2H3;/q;-1;/t12-,13+,14-,15-,16?,17+,18?,19+,20?,21+,22-;;/m0../s1. The summed E-state index contributed by atoms with van der Waals surface area (Å²) < 4.78 is 30.3. The van der Waals surface area contributed by atoms with Crippen LogP contribution in [0.1, 0.15) is 61.3 Å². The molecule has 0 bridgehead atoms. The van der Waals surface area contributed by atoms with Gasteiger partial charge in [-0.2, -0.15) is 14.1 Å². The van der Waals surface area contributed by atoms with Gasteiger partial charge in [0.2, 0.25) is 0 Å². The Labute approximate surface area is 220 Å². The average molecular weight is 534 g/mol. The van der Waals surface area contributed by atoms with Crippen LogP contribution < -0.4 is 0 Å². The molecule has 0 saturated carbocycles. The van der Waals surface area contributed by atoms with E-state index >= 15 is 0 Å². The predicted octanol–water partition coefficient (Wildman–Crippen LogP) is 4.17. The molecule has 187 valence electrons. The molecule has 11 atom stereocenters. The second kappa shape index (κ2) is 13.8. The molecule has 7 nitrogen and oxygen atoms in total. The van der Waals surface area contributed by atoms with Crippen LogP contribution in [0.5, 0.6) is 0 Å². The van der Waals surface area contributed by atoms with E-state index in [1.165, 1.54) is 0 Å². The molecule has 8 heteroatoms. The monoisotopic (exact) mass is 533 g/mol. The molecule has 32 heavy (non-hydrogen) atoms. The Morgan fingerprint density at radius 3 is 2.28 bits per heavy atom. The van der Waals surface area contributed by atoms with Gasteiger partial charge in [-0.3, -0.25) is 0 Å².